The summed E-state index contributed by atoms with van der Waals surface area (Å²) in [6.07, 6.45) is 0. The highest BCUT2D eigenvalue weighted by Gasteiger charge is 2.35. The van der Waals surface area contributed by atoms with Crippen molar-refractivity contribution in [1.82, 2.24) is 0 Å². The van der Waals surface area contributed by atoms with Crippen LogP contribution in [0.25, 0.3) is 0 Å². The Kier molecular flexibility index (Phi) is 3.20. The summed E-state index contributed by atoms with van der Waals surface area (Å²) in [5.41, 5.74) is 3.52. The zero-order chi connectivity index (χ0) is 15.1. The molecular formula is C18H18O3. The fraction of sp³-hybridized carbons (Fsp3) is 0.278. The van der Waals surface area contributed by atoms with Crippen LogP contribution in [0.4, 0.5) is 0 Å². The fourth-order valence-corrected chi connectivity index (χ4v) is 2.98. The molecule has 0 bridgehead atoms. The number of aryl methyl sites for hydroxylation is 1. The Morgan fingerprint density at radius 1 is 1.19 bits per heavy atom. The lowest BCUT2D eigenvalue weighted by molar-refractivity contribution is -0.137. The van der Waals surface area contributed by atoms with E-state index in [2.05, 4.69) is 13.8 Å². The lowest BCUT2D eigenvalue weighted by Crippen LogP contribution is -2.20. The molecule has 2 aromatic rings. The molecule has 3 rings (SSSR count). The van der Waals surface area contributed by atoms with E-state index in [1.807, 2.05) is 43.3 Å². The normalized spacial score (nSPS) is 16.1. The lowest BCUT2D eigenvalue weighted by Gasteiger charge is -2.29. The van der Waals surface area contributed by atoms with Gasteiger partial charge in [0.2, 0.25) is 0 Å². The number of hydrogen-bond donors (Lipinski definition) is 1. The smallest absolute Gasteiger partial charge is 0.315 e. The Hall–Kier alpha value is -2.29. The van der Waals surface area contributed by atoms with E-state index < -0.39 is 11.9 Å². The topological polar surface area (TPSA) is 46.5 Å². The molecule has 1 aliphatic heterocycles. The molecule has 0 spiro atoms. The summed E-state index contributed by atoms with van der Waals surface area (Å²) in [6, 6.07) is 11.4. The van der Waals surface area contributed by atoms with E-state index in [9.17, 15) is 9.90 Å². The number of hydrogen-bond acceptors (Lipinski definition) is 2. The number of carboxylic acid groups (broad SMARTS) is 1. The molecule has 1 atom stereocenters. The van der Waals surface area contributed by atoms with Crippen molar-refractivity contribution in [2.24, 2.45) is 0 Å². The summed E-state index contributed by atoms with van der Waals surface area (Å²) >= 11 is 0. The molecular weight excluding hydrogens is 264 g/mol. The number of fused-ring (bicyclic) bond motifs is 2. The molecule has 0 saturated carbocycles. The van der Waals surface area contributed by atoms with Gasteiger partial charge in [0, 0.05) is 11.1 Å². The molecule has 0 aromatic heterocycles. The van der Waals surface area contributed by atoms with E-state index in [4.69, 9.17) is 4.74 Å². The van der Waals surface area contributed by atoms with Gasteiger partial charge in [-0.15, -0.1) is 0 Å². The molecule has 0 radical (unpaired) electrons. The second-order valence-corrected chi connectivity index (χ2v) is 5.78. The lowest BCUT2D eigenvalue weighted by atomic mass is 9.82. The third-order valence-electron chi connectivity index (χ3n) is 4.04. The standard InChI is InChI=1S/C18H18O3/c1-10(2)12-9-8-11(3)15-16(18(19)20)13-6-4-5-7-14(13)21-17(12)15/h4-10,16H,1-3H3,(H,19,20)/t16-/m1/s1. The summed E-state index contributed by atoms with van der Waals surface area (Å²) in [4.78, 5) is 11.9. The maximum atomic E-state index is 11.9. The third kappa shape index (κ3) is 2.09. The SMILES string of the molecule is Cc1ccc(C(C)C)c2c1[C@H](C(=O)O)c1ccccc1O2. The predicted octanol–water partition coefficient (Wildman–Crippen LogP) is 4.44. The van der Waals surface area contributed by atoms with Gasteiger partial charge in [0.05, 0.1) is 0 Å². The van der Waals surface area contributed by atoms with Crippen LogP contribution in [0.1, 0.15) is 47.9 Å². The van der Waals surface area contributed by atoms with Gasteiger partial charge in [-0.2, -0.15) is 0 Å². The van der Waals surface area contributed by atoms with E-state index in [-0.39, 0.29) is 5.92 Å². The first-order valence-corrected chi connectivity index (χ1v) is 7.13. The summed E-state index contributed by atoms with van der Waals surface area (Å²) in [6.45, 7) is 6.12. The average Bonchev–Trinajstić information content (AvgIpc) is 2.44. The van der Waals surface area contributed by atoms with Gasteiger partial charge in [0.1, 0.15) is 17.4 Å². The zero-order valence-corrected chi connectivity index (χ0v) is 12.4. The quantitative estimate of drug-likeness (QED) is 0.885. The summed E-state index contributed by atoms with van der Waals surface area (Å²) in [5, 5.41) is 9.73. The van der Waals surface area contributed by atoms with Gasteiger partial charge in [-0.05, 0) is 30.0 Å². The van der Waals surface area contributed by atoms with Gasteiger partial charge in [0.25, 0.3) is 0 Å². The largest absolute Gasteiger partial charge is 0.481 e. The van der Waals surface area contributed by atoms with Crippen LogP contribution in [-0.4, -0.2) is 11.1 Å². The molecule has 0 saturated heterocycles. The Labute approximate surface area is 124 Å². The molecule has 0 aliphatic carbocycles. The molecule has 108 valence electrons. The van der Waals surface area contributed by atoms with Crippen molar-refractivity contribution in [3.05, 3.63) is 58.7 Å². The fourth-order valence-electron chi connectivity index (χ4n) is 2.98. The van der Waals surface area contributed by atoms with Gasteiger partial charge < -0.3 is 9.84 Å². The van der Waals surface area contributed by atoms with Gasteiger partial charge in [-0.25, -0.2) is 0 Å². The Morgan fingerprint density at radius 2 is 1.90 bits per heavy atom. The number of carboxylic acids is 1. The first-order chi connectivity index (χ1) is 10.0. The Morgan fingerprint density at radius 3 is 2.57 bits per heavy atom. The van der Waals surface area contributed by atoms with Crippen molar-refractivity contribution < 1.29 is 14.6 Å². The minimum Gasteiger partial charge on any atom is -0.481 e. The summed E-state index contributed by atoms with van der Waals surface area (Å²) < 4.78 is 6.07. The summed E-state index contributed by atoms with van der Waals surface area (Å²) in [5.74, 6) is 0.139. The van der Waals surface area contributed by atoms with Gasteiger partial charge >= 0.3 is 5.97 Å². The summed E-state index contributed by atoms with van der Waals surface area (Å²) in [7, 11) is 0. The van der Waals surface area contributed by atoms with Crippen LogP contribution in [0, 0.1) is 6.92 Å². The van der Waals surface area contributed by atoms with Crippen LogP contribution in [0.2, 0.25) is 0 Å². The highest BCUT2D eigenvalue weighted by Crippen LogP contribution is 2.48. The molecule has 0 unspecified atom stereocenters. The molecule has 2 aromatic carbocycles. The molecule has 21 heavy (non-hydrogen) atoms. The van der Waals surface area contributed by atoms with E-state index in [0.717, 1.165) is 28.0 Å². The van der Waals surface area contributed by atoms with Crippen LogP contribution < -0.4 is 4.74 Å². The number of ether oxygens (including phenoxy) is 1. The Balaban J connectivity index is 2.31. The molecule has 3 heteroatoms. The molecule has 1 aliphatic rings. The molecule has 3 nitrogen and oxygen atoms in total. The van der Waals surface area contributed by atoms with Crippen LogP contribution >= 0.6 is 0 Å². The van der Waals surface area contributed by atoms with Gasteiger partial charge in [-0.1, -0.05) is 44.2 Å². The number of carbonyl (C=O) groups is 1. The first kappa shape index (κ1) is 13.7. The second-order valence-electron chi connectivity index (χ2n) is 5.78. The molecule has 0 fully saturated rings. The highest BCUT2D eigenvalue weighted by molar-refractivity contribution is 5.85. The van der Waals surface area contributed by atoms with Crippen LogP contribution in [-0.2, 0) is 4.79 Å². The minimum atomic E-state index is -0.837. The number of rotatable bonds is 2. The maximum absolute atomic E-state index is 11.9. The monoisotopic (exact) mass is 282 g/mol. The number of benzene rings is 2. The maximum Gasteiger partial charge on any atom is 0.315 e. The van der Waals surface area contributed by atoms with Gasteiger partial charge in [0.15, 0.2) is 0 Å². The predicted molar refractivity (Wildman–Crippen MR) is 81.3 cm³/mol. The molecule has 0 amide bonds. The van der Waals surface area contributed by atoms with Crippen molar-refractivity contribution in [1.29, 1.82) is 0 Å². The van der Waals surface area contributed by atoms with Crippen molar-refractivity contribution in [2.45, 2.75) is 32.6 Å². The van der Waals surface area contributed by atoms with Gasteiger partial charge in [-0.3, -0.25) is 4.79 Å². The zero-order valence-electron chi connectivity index (χ0n) is 12.4. The van der Waals surface area contributed by atoms with Crippen molar-refractivity contribution in [3.8, 4) is 11.5 Å². The van der Waals surface area contributed by atoms with Crippen molar-refractivity contribution in [3.63, 3.8) is 0 Å². The third-order valence-corrected chi connectivity index (χ3v) is 4.04. The first-order valence-electron chi connectivity index (χ1n) is 7.13. The number of aliphatic carboxylic acids is 1. The second kappa shape index (κ2) is 4.92. The average molecular weight is 282 g/mol. The number of para-hydroxylation sites is 1. The van der Waals surface area contributed by atoms with Crippen molar-refractivity contribution in [2.75, 3.05) is 0 Å². The highest BCUT2D eigenvalue weighted by atomic mass is 16.5. The van der Waals surface area contributed by atoms with E-state index >= 15 is 0 Å². The minimum absolute atomic E-state index is 0.277. The Bertz CT molecular complexity index is 716. The van der Waals surface area contributed by atoms with E-state index in [1.54, 1.807) is 0 Å². The van der Waals surface area contributed by atoms with Crippen LogP contribution in [0.5, 0.6) is 11.5 Å². The van der Waals surface area contributed by atoms with Crippen LogP contribution in [0.3, 0.4) is 0 Å². The van der Waals surface area contributed by atoms with Crippen LogP contribution in [0.15, 0.2) is 36.4 Å². The van der Waals surface area contributed by atoms with E-state index in [1.165, 1.54) is 0 Å². The van der Waals surface area contributed by atoms with E-state index in [0.29, 0.717) is 5.75 Å². The molecule has 1 heterocycles. The molecule has 1 N–H and O–H groups in total. The van der Waals surface area contributed by atoms with Crippen molar-refractivity contribution >= 4 is 5.97 Å².